The summed E-state index contributed by atoms with van der Waals surface area (Å²) in [4.78, 5) is 34.4. The Morgan fingerprint density at radius 2 is 1.67 bits per heavy atom. The highest BCUT2D eigenvalue weighted by molar-refractivity contribution is 6.54. The molecule has 1 saturated heterocycles. The van der Waals surface area contributed by atoms with E-state index in [4.69, 9.17) is 0 Å². The van der Waals surface area contributed by atoms with Crippen molar-refractivity contribution in [1.29, 1.82) is 0 Å². The number of halogens is 1. The predicted molar refractivity (Wildman–Crippen MR) is 139 cm³/mol. The monoisotopic (exact) mass is 484 g/mol. The summed E-state index contributed by atoms with van der Waals surface area (Å²) in [7, 11) is 0. The number of anilines is 1. The maximum atomic E-state index is 14.3. The van der Waals surface area contributed by atoms with Gasteiger partial charge in [-0.3, -0.25) is 9.59 Å². The van der Waals surface area contributed by atoms with E-state index in [2.05, 4.69) is 15.2 Å². The van der Waals surface area contributed by atoms with E-state index in [0.717, 1.165) is 26.1 Å². The molecule has 0 unspecified atom stereocenters. The fourth-order valence-electron chi connectivity index (χ4n) is 4.75. The van der Waals surface area contributed by atoms with Crippen LogP contribution < -0.4 is 10.2 Å². The molecule has 0 spiro atoms. The lowest BCUT2D eigenvalue weighted by Gasteiger charge is -2.17. The Balaban J connectivity index is 1.27. The van der Waals surface area contributed by atoms with Gasteiger partial charge in [0.2, 0.25) is 0 Å². The summed E-state index contributed by atoms with van der Waals surface area (Å²) < 4.78 is 14.3. The van der Waals surface area contributed by atoms with Crippen LogP contribution in [0.25, 0.3) is 0 Å². The number of nitrogens with one attached hydrogen (secondary N) is 1. The van der Waals surface area contributed by atoms with Gasteiger partial charge >= 0.3 is 0 Å². The highest BCUT2D eigenvalue weighted by atomic mass is 19.1. The van der Waals surface area contributed by atoms with Crippen LogP contribution in [0.4, 0.5) is 15.8 Å². The van der Waals surface area contributed by atoms with Crippen LogP contribution in [0.2, 0.25) is 0 Å². The second kappa shape index (κ2) is 10.8. The van der Waals surface area contributed by atoms with Gasteiger partial charge in [-0.05, 0) is 75.3 Å². The van der Waals surface area contributed by atoms with Gasteiger partial charge in [0.1, 0.15) is 11.5 Å². The first-order valence-corrected chi connectivity index (χ1v) is 12.4. The maximum Gasteiger partial charge on any atom is 0.277 e. The Morgan fingerprint density at radius 1 is 0.944 bits per heavy atom. The van der Waals surface area contributed by atoms with Crippen LogP contribution in [0.15, 0.2) is 77.8 Å². The minimum absolute atomic E-state index is 0.117. The van der Waals surface area contributed by atoms with Crippen molar-refractivity contribution in [1.82, 2.24) is 10.2 Å². The van der Waals surface area contributed by atoms with Gasteiger partial charge in [-0.2, -0.15) is 0 Å². The number of carbonyl (C=O) groups excluding carboxylic acids is 2. The number of hydrogen-bond donors (Lipinski definition) is 1. The van der Waals surface area contributed by atoms with Crippen LogP contribution in [0.3, 0.4) is 0 Å². The molecule has 0 aliphatic carbocycles. The quantitative estimate of drug-likeness (QED) is 0.471. The first-order chi connectivity index (χ1) is 17.6. The van der Waals surface area contributed by atoms with Gasteiger partial charge < -0.3 is 15.1 Å². The number of amides is 2. The fraction of sp³-hybridized carbons (Fsp3) is 0.276. The fourth-order valence-corrected chi connectivity index (χ4v) is 4.75. The van der Waals surface area contributed by atoms with Gasteiger partial charge in [-0.15, -0.1) is 0 Å². The molecule has 2 aliphatic heterocycles. The predicted octanol–water partition coefficient (Wildman–Crippen LogP) is 4.71. The zero-order valence-corrected chi connectivity index (χ0v) is 20.1. The lowest BCUT2D eigenvalue weighted by molar-refractivity contribution is -0.112. The van der Waals surface area contributed by atoms with Crippen molar-refractivity contribution in [3.63, 3.8) is 0 Å². The summed E-state index contributed by atoms with van der Waals surface area (Å²) in [5.74, 6) is -0.744. The van der Waals surface area contributed by atoms with E-state index in [9.17, 15) is 14.0 Å². The van der Waals surface area contributed by atoms with Gasteiger partial charge in [-0.25, -0.2) is 9.38 Å². The molecule has 184 valence electrons. The van der Waals surface area contributed by atoms with Crippen molar-refractivity contribution < 1.29 is 14.0 Å². The molecule has 6 nitrogen and oxygen atoms in total. The average molecular weight is 485 g/mol. The summed E-state index contributed by atoms with van der Waals surface area (Å²) in [5.41, 5.74) is 3.29. The molecule has 3 aromatic rings. The van der Waals surface area contributed by atoms with Crippen LogP contribution in [0, 0.1) is 5.82 Å². The molecular weight excluding hydrogens is 455 g/mol. The summed E-state index contributed by atoms with van der Waals surface area (Å²) >= 11 is 0. The van der Waals surface area contributed by atoms with E-state index in [-0.39, 0.29) is 24.2 Å². The molecule has 5 rings (SSSR count). The van der Waals surface area contributed by atoms with Crippen LogP contribution in [-0.4, -0.2) is 48.6 Å². The van der Waals surface area contributed by atoms with Crippen LogP contribution in [0.5, 0.6) is 0 Å². The third-order valence-electron chi connectivity index (χ3n) is 6.69. The van der Waals surface area contributed by atoms with E-state index in [1.165, 1.54) is 18.9 Å². The molecule has 1 fully saturated rings. The number of para-hydroxylation sites is 1. The Bertz CT molecular complexity index is 1280. The topological polar surface area (TPSA) is 65.0 Å². The molecule has 3 aromatic carbocycles. The Labute approximate surface area is 210 Å². The molecule has 1 N–H and O–H groups in total. The van der Waals surface area contributed by atoms with Crippen LogP contribution in [-0.2, 0) is 11.3 Å². The highest BCUT2D eigenvalue weighted by Gasteiger charge is 2.34. The molecule has 2 amide bonds. The van der Waals surface area contributed by atoms with E-state index in [1.807, 2.05) is 24.3 Å². The Kier molecular flexibility index (Phi) is 7.18. The zero-order chi connectivity index (χ0) is 24.9. The Morgan fingerprint density at radius 3 is 2.44 bits per heavy atom. The molecular formula is C29H29FN4O2. The van der Waals surface area contributed by atoms with Gasteiger partial charge in [-0.1, -0.05) is 36.4 Å². The SMILES string of the molecule is O=C(NCCCN1CCCC1)c1ccc(/N=C2/C(=O)N(Cc3ccccc3F)c3ccccc32)cc1. The largest absolute Gasteiger partial charge is 0.352 e. The van der Waals surface area contributed by atoms with Crippen molar-refractivity contribution in [3.8, 4) is 0 Å². The number of nitrogens with zero attached hydrogens (tertiary/aromatic N) is 3. The molecule has 2 aliphatic rings. The highest BCUT2D eigenvalue weighted by Crippen LogP contribution is 2.32. The number of benzene rings is 3. The third kappa shape index (κ3) is 5.21. The van der Waals surface area contributed by atoms with E-state index < -0.39 is 0 Å². The summed E-state index contributed by atoms with van der Waals surface area (Å²) in [5, 5.41) is 2.98. The summed E-state index contributed by atoms with van der Waals surface area (Å²) in [6, 6.07) is 20.8. The minimum atomic E-state index is -0.349. The van der Waals surface area contributed by atoms with E-state index in [1.54, 1.807) is 47.4 Å². The molecule has 0 bridgehead atoms. The average Bonchev–Trinajstić information content (AvgIpc) is 3.51. The van der Waals surface area contributed by atoms with Gasteiger partial charge in [0.25, 0.3) is 11.8 Å². The number of likely N-dealkylation sites (tertiary alicyclic amines) is 1. The second-order valence-electron chi connectivity index (χ2n) is 9.17. The molecule has 7 heteroatoms. The molecule has 2 heterocycles. The first-order valence-electron chi connectivity index (χ1n) is 12.4. The molecule has 0 atom stereocenters. The third-order valence-corrected chi connectivity index (χ3v) is 6.69. The van der Waals surface area contributed by atoms with Crippen molar-refractivity contribution in [2.75, 3.05) is 31.1 Å². The molecule has 0 radical (unpaired) electrons. The van der Waals surface area contributed by atoms with Crippen molar-refractivity contribution in [2.24, 2.45) is 4.99 Å². The van der Waals surface area contributed by atoms with Gasteiger partial charge in [0, 0.05) is 23.2 Å². The number of hydrogen-bond acceptors (Lipinski definition) is 4. The van der Waals surface area contributed by atoms with Crippen LogP contribution >= 0.6 is 0 Å². The Hall–Kier alpha value is -3.84. The van der Waals surface area contributed by atoms with Crippen molar-refractivity contribution in [2.45, 2.75) is 25.8 Å². The molecule has 0 saturated carbocycles. The molecule has 0 aromatic heterocycles. The van der Waals surface area contributed by atoms with Gasteiger partial charge in [0.15, 0.2) is 0 Å². The zero-order valence-electron chi connectivity index (χ0n) is 20.1. The summed E-state index contributed by atoms with van der Waals surface area (Å²) in [6.07, 6.45) is 3.47. The number of carbonyl (C=O) groups is 2. The van der Waals surface area contributed by atoms with Crippen LogP contribution in [0.1, 0.15) is 40.7 Å². The normalized spacial score (nSPS) is 16.5. The smallest absolute Gasteiger partial charge is 0.277 e. The summed E-state index contributed by atoms with van der Waals surface area (Å²) in [6.45, 7) is 4.10. The number of fused-ring (bicyclic) bond motifs is 1. The van der Waals surface area contributed by atoms with Crippen molar-refractivity contribution >= 4 is 28.9 Å². The minimum Gasteiger partial charge on any atom is -0.352 e. The van der Waals surface area contributed by atoms with Gasteiger partial charge in [0.05, 0.1) is 17.9 Å². The second-order valence-corrected chi connectivity index (χ2v) is 9.17. The number of rotatable bonds is 8. The standard InChI is InChI=1S/C29H29FN4O2/c30-25-10-3-1-8-22(25)20-34-26-11-4-2-9-24(26)27(29(34)36)32-23-14-12-21(13-15-23)28(35)31-16-7-19-33-17-5-6-18-33/h1-4,8-15H,5-7,16-20H2,(H,31,35)/b32-27+. The maximum absolute atomic E-state index is 14.3. The molecule has 36 heavy (non-hydrogen) atoms. The van der Waals surface area contributed by atoms with E-state index in [0.29, 0.717) is 40.3 Å². The lowest BCUT2D eigenvalue weighted by Crippen LogP contribution is -2.29. The van der Waals surface area contributed by atoms with E-state index >= 15 is 0 Å². The lowest BCUT2D eigenvalue weighted by atomic mass is 10.1. The first kappa shape index (κ1) is 23.9. The van der Waals surface area contributed by atoms with Crippen molar-refractivity contribution in [3.05, 3.63) is 95.3 Å². The number of aliphatic imine (C=N–C) groups is 1.